The highest BCUT2D eigenvalue weighted by Gasteiger charge is 2.40. The van der Waals surface area contributed by atoms with Crippen molar-refractivity contribution in [1.29, 1.82) is 0 Å². The molecule has 3 rings (SSSR count). The maximum absolute atomic E-state index is 14.6. The molecule has 0 aliphatic heterocycles. The SMILES string of the molecule is CCOC(=O)[C@H]1C(=O)C=C(c2ccc(OC)c(OC)c2)C[C@H]1c1ccccc1F. The van der Waals surface area contributed by atoms with Crippen LogP contribution < -0.4 is 9.47 Å². The van der Waals surface area contributed by atoms with Crippen LogP contribution in [0.5, 0.6) is 11.5 Å². The molecule has 2 aromatic carbocycles. The normalized spacial score (nSPS) is 18.8. The third-order valence-electron chi connectivity index (χ3n) is 5.06. The molecule has 152 valence electrons. The maximum atomic E-state index is 14.6. The zero-order chi connectivity index (χ0) is 21.0. The zero-order valence-electron chi connectivity index (χ0n) is 16.6. The summed E-state index contributed by atoms with van der Waals surface area (Å²) >= 11 is 0. The van der Waals surface area contributed by atoms with Gasteiger partial charge in [0, 0.05) is 5.92 Å². The number of methoxy groups -OCH3 is 2. The molecule has 0 amide bonds. The molecule has 2 aromatic rings. The lowest BCUT2D eigenvalue weighted by Crippen LogP contribution is -2.34. The van der Waals surface area contributed by atoms with Gasteiger partial charge in [0.1, 0.15) is 11.7 Å². The van der Waals surface area contributed by atoms with Crippen LogP contribution in [0.25, 0.3) is 5.57 Å². The summed E-state index contributed by atoms with van der Waals surface area (Å²) in [6.07, 6.45) is 1.76. The number of ketones is 1. The molecule has 5 nitrogen and oxygen atoms in total. The summed E-state index contributed by atoms with van der Waals surface area (Å²) in [6.45, 7) is 1.83. The fraction of sp³-hybridized carbons (Fsp3) is 0.304. The summed E-state index contributed by atoms with van der Waals surface area (Å²) in [5, 5.41) is 0. The van der Waals surface area contributed by atoms with Gasteiger partial charge >= 0.3 is 5.97 Å². The van der Waals surface area contributed by atoms with Gasteiger partial charge in [0.05, 0.1) is 20.8 Å². The fourth-order valence-electron chi connectivity index (χ4n) is 3.69. The number of carbonyl (C=O) groups is 2. The maximum Gasteiger partial charge on any atom is 0.317 e. The Morgan fingerprint density at radius 2 is 1.83 bits per heavy atom. The van der Waals surface area contributed by atoms with Gasteiger partial charge in [-0.1, -0.05) is 24.3 Å². The van der Waals surface area contributed by atoms with Crippen LogP contribution in [0.1, 0.15) is 30.4 Å². The summed E-state index contributed by atoms with van der Waals surface area (Å²) in [5.41, 5.74) is 1.77. The molecule has 29 heavy (non-hydrogen) atoms. The largest absolute Gasteiger partial charge is 0.493 e. The number of benzene rings is 2. The molecule has 0 heterocycles. The van der Waals surface area contributed by atoms with Crippen molar-refractivity contribution in [1.82, 2.24) is 0 Å². The lowest BCUT2D eigenvalue weighted by Gasteiger charge is -2.29. The van der Waals surface area contributed by atoms with E-state index in [0.29, 0.717) is 29.1 Å². The molecule has 2 atom stereocenters. The quantitative estimate of drug-likeness (QED) is 0.540. The van der Waals surface area contributed by atoms with Gasteiger partial charge < -0.3 is 14.2 Å². The Hall–Kier alpha value is -3.15. The third-order valence-corrected chi connectivity index (χ3v) is 5.06. The molecular weight excluding hydrogens is 375 g/mol. The van der Waals surface area contributed by atoms with E-state index < -0.39 is 29.4 Å². The van der Waals surface area contributed by atoms with Gasteiger partial charge in [0.2, 0.25) is 0 Å². The molecule has 0 fully saturated rings. The van der Waals surface area contributed by atoms with Crippen molar-refractivity contribution >= 4 is 17.3 Å². The summed E-state index contributed by atoms with van der Waals surface area (Å²) in [7, 11) is 3.07. The van der Waals surface area contributed by atoms with Gasteiger partial charge in [0.25, 0.3) is 0 Å². The average Bonchev–Trinajstić information content (AvgIpc) is 2.73. The highest BCUT2D eigenvalue weighted by molar-refractivity contribution is 6.10. The van der Waals surface area contributed by atoms with E-state index in [9.17, 15) is 14.0 Å². The van der Waals surface area contributed by atoms with E-state index in [1.54, 1.807) is 44.4 Å². The van der Waals surface area contributed by atoms with Crippen molar-refractivity contribution in [2.24, 2.45) is 5.92 Å². The molecule has 6 heteroatoms. The first-order valence-electron chi connectivity index (χ1n) is 9.38. The molecule has 1 aliphatic rings. The minimum atomic E-state index is -1.07. The molecule has 0 unspecified atom stereocenters. The summed E-state index contributed by atoms with van der Waals surface area (Å²) in [4.78, 5) is 25.4. The number of esters is 1. The van der Waals surface area contributed by atoms with E-state index in [0.717, 1.165) is 5.56 Å². The van der Waals surface area contributed by atoms with E-state index in [4.69, 9.17) is 14.2 Å². The van der Waals surface area contributed by atoms with E-state index in [1.807, 2.05) is 6.07 Å². The lowest BCUT2D eigenvalue weighted by molar-refractivity contribution is -0.151. The third kappa shape index (κ3) is 4.16. The molecule has 0 bridgehead atoms. The predicted molar refractivity (Wildman–Crippen MR) is 106 cm³/mol. The van der Waals surface area contributed by atoms with Gasteiger partial charge in [-0.3, -0.25) is 9.59 Å². The predicted octanol–water partition coefficient (Wildman–Crippen LogP) is 4.16. The molecule has 0 aromatic heterocycles. The first kappa shape index (κ1) is 20.6. The number of hydrogen-bond donors (Lipinski definition) is 0. The van der Waals surface area contributed by atoms with Crippen molar-refractivity contribution in [2.45, 2.75) is 19.3 Å². The molecule has 0 saturated heterocycles. The molecular formula is C23H23FO5. The van der Waals surface area contributed by atoms with E-state index in [1.165, 1.54) is 19.3 Å². The fourth-order valence-corrected chi connectivity index (χ4v) is 3.69. The van der Waals surface area contributed by atoms with E-state index in [-0.39, 0.29) is 6.61 Å². The number of halogens is 1. The molecule has 0 N–H and O–H groups in total. The van der Waals surface area contributed by atoms with Gasteiger partial charge in [-0.25, -0.2) is 4.39 Å². The summed E-state index contributed by atoms with van der Waals surface area (Å²) in [5.74, 6) is -2.12. The van der Waals surface area contributed by atoms with Crippen LogP contribution in [-0.2, 0) is 14.3 Å². The van der Waals surface area contributed by atoms with Crippen molar-refractivity contribution in [3.63, 3.8) is 0 Å². The van der Waals surface area contributed by atoms with Gasteiger partial charge in [-0.05, 0) is 54.3 Å². The minimum absolute atomic E-state index is 0.152. The average molecular weight is 398 g/mol. The summed E-state index contributed by atoms with van der Waals surface area (Å²) in [6, 6.07) is 11.5. The second-order valence-electron chi connectivity index (χ2n) is 6.70. The number of carbonyl (C=O) groups excluding carboxylic acids is 2. The molecule has 1 aliphatic carbocycles. The second-order valence-corrected chi connectivity index (χ2v) is 6.70. The lowest BCUT2D eigenvalue weighted by atomic mass is 9.73. The Morgan fingerprint density at radius 3 is 2.48 bits per heavy atom. The smallest absolute Gasteiger partial charge is 0.317 e. The van der Waals surface area contributed by atoms with E-state index in [2.05, 4.69) is 0 Å². The Bertz CT molecular complexity index is 950. The molecule has 0 spiro atoms. The van der Waals surface area contributed by atoms with Crippen molar-refractivity contribution in [2.75, 3.05) is 20.8 Å². The van der Waals surface area contributed by atoms with Crippen molar-refractivity contribution in [3.05, 3.63) is 65.5 Å². The van der Waals surface area contributed by atoms with Crippen molar-refractivity contribution < 1.29 is 28.2 Å². The van der Waals surface area contributed by atoms with Crippen LogP contribution >= 0.6 is 0 Å². The molecule has 0 saturated carbocycles. The van der Waals surface area contributed by atoms with Crippen LogP contribution in [-0.4, -0.2) is 32.6 Å². The van der Waals surface area contributed by atoms with E-state index >= 15 is 0 Å². The van der Waals surface area contributed by atoms with Gasteiger partial charge in [-0.15, -0.1) is 0 Å². The van der Waals surface area contributed by atoms with Crippen LogP contribution in [0.15, 0.2) is 48.5 Å². The minimum Gasteiger partial charge on any atom is -0.493 e. The Kier molecular flexibility index (Phi) is 6.32. The Labute approximate surface area is 169 Å². The first-order chi connectivity index (χ1) is 14.0. The Balaban J connectivity index is 2.06. The second kappa shape index (κ2) is 8.90. The van der Waals surface area contributed by atoms with Crippen molar-refractivity contribution in [3.8, 4) is 11.5 Å². The van der Waals surface area contributed by atoms with Gasteiger partial charge in [-0.2, -0.15) is 0 Å². The number of hydrogen-bond acceptors (Lipinski definition) is 5. The standard InChI is InChI=1S/C23H23FO5/c1-4-29-23(26)22-17(16-7-5-6-8-18(16)24)11-15(12-19(22)25)14-9-10-20(27-2)21(13-14)28-3/h5-10,12-13,17,22H,4,11H2,1-3H3/t17-,22+/m0/s1. The zero-order valence-corrected chi connectivity index (χ0v) is 16.6. The van der Waals surface area contributed by atoms with Crippen LogP contribution in [0.2, 0.25) is 0 Å². The number of rotatable bonds is 6. The number of allylic oxidation sites excluding steroid dienone is 2. The highest BCUT2D eigenvalue weighted by Crippen LogP contribution is 2.42. The summed E-state index contributed by atoms with van der Waals surface area (Å²) < 4.78 is 30.3. The topological polar surface area (TPSA) is 61.8 Å². The van der Waals surface area contributed by atoms with Gasteiger partial charge in [0.15, 0.2) is 17.3 Å². The monoisotopic (exact) mass is 398 g/mol. The first-order valence-corrected chi connectivity index (χ1v) is 9.38. The van der Waals surface area contributed by atoms with Crippen LogP contribution in [0.4, 0.5) is 4.39 Å². The molecule has 0 radical (unpaired) electrons. The Morgan fingerprint density at radius 1 is 1.10 bits per heavy atom. The highest BCUT2D eigenvalue weighted by atomic mass is 19.1. The number of ether oxygens (including phenoxy) is 3. The van der Waals surface area contributed by atoms with Crippen LogP contribution in [0, 0.1) is 11.7 Å². The van der Waals surface area contributed by atoms with Crippen LogP contribution in [0.3, 0.4) is 0 Å².